The molecule has 11 aromatic rings. The van der Waals surface area contributed by atoms with Crippen molar-refractivity contribution < 1.29 is 8.83 Å². The highest BCUT2D eigenvalue weighted by Gasteiger charge is 2.35. The van der Waals surface area contributed by atoms with Crippen molar-refractivity contribution in [3.8, 4) is 67.3 Å². The minimum atomic E-state index is -0.0880. The number of benzene rings is 8. The van der Waals surface area contributed by atoms with Crippen molar-refractivity contribution in [1.29, 1.82) is 0 Å². The van der Waals surface area contributed by atoms with Gasteiger partial charge in [-0.3, -0.25) is 0 Å². The fraction of sp³-hybridized carbons (Fsp3) is 0.0545. The quantitative estimate of drug-likeness (QED) is 0.175. The van der Waals surface area contributed by atoms with Crippen LogP contribution in [0.2, 0.25) is 0 Å². The number of rotatable bonds is 5. The molecule has 1 aliphatic rings. The normalized spacial score (nSPS) is 13.1. The summed E-state index contributed by atoms with van der Waals surface area (Å²) >= 11 is 0. The highest BCUT2D eigenvalue weighted by molar-refractivity contribution is 6.07. The molecule has 0 N–H and O–H groups in total. The highest BCUT2D eigenvalue weighted by atomic mass is 16.3. The van der Waals surface area contributed by atoms with Gasteiger partial charge in [-0.05, 0) is 117 Å². The van der Waals surface area contributed by atoms with Gasteiger partial charge in [-0.1, -0.05) is 123 Å². The number of hydrogen-bond acceptors (Lipinski definition) is 4. The fourth-order valence-electron chi connectivity index (χ4n) is 9.26. The molecule has 59 heavy (non-hydrogen) atoms. The molecule has 1 aliphatic carbocycles. The van der Waals surface area contributed by atoms with Crippen LogP contribution in [-0.4, -0.2) is 9.97 Å². The molecule has 0 amide bonds. The van der Waals surface area contributed by atoms with E-state index in [1.807, 2.05) is 30.3 Å². The Hall–Kier alpha value is -7.56. The minimum absolute atomic E-state index is 0.0880. The van der Waals surface area contributed by atoms with E-state index in [9.17, 15) is 0 Å². The predicted octanol–water partition coefficient (Wildman–Crippen LogP) is 14.9. The lowest BCUT2D eigenvalue weighted by Crippen LogP contribution is -2.14. The van der Waals surface area contributed by atoms with Crippen LogP contribution in [0.3, 0.4) is 0 Å². The van der Waals surface area contributed by atoms with Gasteiger partial charge in [0.15, 0.2) is 5.82 Å². The number of hydrogen-bond donors (Lipinski definition) is 0. The third-order valence-electron chi connectivity index (χ3n) is 12.3. The Morgan fingerprint density at radius 1 is 0.339 bits per heavy atom. The van der Waals surface area contributed by atoms with Crippen LogP contribution in [0.25, 0.3) is 111 Å². The summed E-state index contributed by atoms with van der Waals surface area (Å²) in [4.78, 5) is 10.8. The summed E-state index contributed by atoms with van der Waals surface area (Å²) in [5.74, 6) is 0.656. The molecule has 3 heterocycles. The standard InChI is InChI=1S/C55H36N2O2/c1-55(2)46-17-9-6-14-40(46)43-30-35(20-23-47(43)55)48-32-49(57-54(56-48)36-22-25-53-45(31-36)42-16-8-11-19-51(42)59-53)39-27-37(33-12-4-3-5-13-33)26-38(28-39)34-21-24-52-44(29-34)41-15-7-10-18-50(41)58-52/h3-32H,1-2H3. The van der Waals surface area contributed by atoms with Gasteiger partial charge in [0.05, 0.1) is 11.4 Å². The lowest BCUT2D eigenvalue weighted by atomic mass is 9.82. The van der Waals surface area contributed by atoms with Crippen molar-refractivity contribution in [3.05, 3.63) is 193 Å². The Balaban J connectivity index is 1.08. The van der Waals surface area contributed by atoms with E-state index in [4.69, 9.17) is 18.8 Å². The average Bonchev–Trinajstić information content (AvgIpc) is 3.93. The molecular formula is C55H36N2O2. The van der Waals surface area contributed by atoms with Gasteiger partial charge < -0.3 is 8.83 Å². The SMILES string of the molecule is CC1(C)c2ccccc2-c2cc(-c3cc(-c4cc(-c5ccccc5)cc(-c5ccc6oc7ccccc7c6c5)c4)nc(-c4ccc5oc6ccccc6c5c4)n3)ccc21. The van der Waals surface area contributed by atoms with Crippen LogP contribution < -0.4 is 0 Å². The number of para-hydroxylation sites is 2. The third kappa shape index (κ3) is 5.37. The molecule has 8 aromatic carbocycles. The summed E-state index contributed by atoms with van der Waals surface area (Å²) in [5.41, 5.74) is 17.7. The largest absolute Gasteiger partial charge is 0.456 e. The van der Waals surface area contributed by atoms with Gasteiger partial charge in [-0.2, -0.15) is 0 Å². The van der Waals surface area contributed by atoms with Crippen molar-refractivity contribution in [3.63, 3.8) is 0 Å². The number of fused-ring (bicyclic) bond motifs is 9. The van der Waals surface area contributed by atoms with Crippen molar-refractivity contribution >= 4 is 43.9 Å². The molecule has 4 heteroatoms. The maximum absolute atomic E-state index is 6.23. The van der Waals surface area contributed by atoms with Crippen LogP contribution in [0.5, 0.6) is 0 Å². The van der Waals surface area contributed by atoms with E-state index < -0.39 is 0 Å². The first kappa shape index (κ1) is 33.6. The summed E-state index contributed by atoms with van der Waals surface area (Å²) < 4.78 is 12.4. The maximum atomic E-state index is 6.23. The Labute approximate surface area is 341 Å². The van der Waals surface area contributed by atoms with Gasteiger partial charge in [-0.15, -0.1) is 0 Å². The zero-order valence-electron chi connectivity index (χ0n) is 32.5. The molecule has 0 saturated carbocycles. The van der Waals surface area contributed by atoms with Gasteiger partial charge in [0.1, 0.15) is 22.3 Å². The van der Waals surface area contributed by atoms with E-state index in [0.717, 1.165) is 94.2 Å². The van der Waals surface area contributed by atoms with Crippen LogP contribution in [0, 0.1) is 0 Å². The van der Waals surface area contributed by atoms with Gasteiger partial charge in [0, 0.05) is 43.7 Å². The molecule has 0 fully saturated rings. The van der Waals surface area contributed by atoms with Gasteiger partial charge in [0.25, 0.3) is 0 Å². The second kappa shape index (κ2) is 12.7. The monoisotopic (exact) mass is 756 g/mol. The van der Waals surface area contributed by atoms with Gasteiger partial charge in [-0.25, -0.2) is 9.97 Å². The summed E-state index contributed by atoms with van der Waals surface area (Å²) in [6, 6.07) is 64.4. The van der Waals surface area contributed by atoms with Gasteiger partial charge >= 0.3 is 0 Å². The minimum Gasteiger partial charge on any atom is -0.456 e. The molecule has 0 radical (unpaired) electrons. The molecule has 278 valence electrons. The Morgan fingerprint density at radius 2 is 0.864 bits per heavy atom. The van der Waals surface area contributed by atoms with E-state index in [0.29, 0.717) is 5.82 Å². The second-order valence-corrected chi connectivity index (χ2v) is 16.2. The lowest BCUT2D eigenvalue weighted by molar-refractivity contribution is 0.660. The highest BCUT2D eigenvalue weighted by Crippen LogP contribution is 2.49. The summed E-state index contributed by atoms with van der Waals surface area (Å²) in [6.45, 7) is 4.64. The Kier molecular flexibility index (Phi) is 7.24. The number of furan rings is 2. The van der Waals surface area contributed by atoms with E-state index in [2.05, 4.69) is 166 Å². The fourth-order valence-corrected chi connectivity index (χ4v) is 9.26. The summed E-state index contributed by atoms with van der Waals surface area (Å²) in [7, 11) is 0. The molecule has 12 rings (SSSR count). The average molecular weight is 757 g/mol. The van der Waals surface area contributed by atoms with Crippen LogP contribution >= 0.6 is 0 Å². The molecule has 0 unspecified atom stereocenters. The number of aromatic nitrogens is 2. The Bertz CT molecular complexity index is 3480. The first-order chi connectivity index (χ1) is 28.9. The second-order valence-electron chi connectivity index (χ2n) is 16.2. The zero-order valence-corrected chi connectivity index (χ0v) is 32.5. The van der Waals surface area contributed by atoms with Crippen LogP contribution in [0.4, 0.5) is 0 Å². The van der Waals surface area contributed by atoms with E-state index in [1.54, 1.807) is 0 Å². The molecule has 0 atom stereocenters. The van der Waals surface area contributed by atoms with E-state index in [-0.39, 0.29) is 5.41 Å². The third-order valence-corrected chi connectivity index (χ3v) is 12.3. The molecule has 4 nitrogen and oxygen atoms in total. The first-order valence-corrected chi connectivity index (χ1v) is 20.1. The van der Waals surface area contributed by atoms with Crippen LogP contribution in [0.1, 0.15) is 25.0 Å². The number of nitrogens with zero attached hydrogens (tertiary/aromatic N) is 2. The van der Waals surface area contributed by atoms with Crippen molar-refractivity contribution in [2.75, 3.05) is 0 Å². The molecule has 0 bridgehead atoms. The molecular weight excluding hydrogens is 721 g/mol. The van der Waals surface area contributed by atoms with Gasteiger partial charge in [0.2, 0.25) is 0 Å². The van der Waals surface area contributed by atoms with Crippen LogP contribution in [-0.2, 0) is 5.41 Å². The summed E-state index contributed by atoms with van der Waals surface area (Å²) in [5, 5.41) is 4.32. The Morgan fingerprint density at radius 3 is 1.59 bits per heavy atom. The zero-order chi connectivity index (χ0) is 39.2. The topological polar surface area (TPSA) is 52.1 Å². The maximum Gasteiger partial charge on any atom is 0.160 e. The lowest BCUT2D eigenvalue weighted by Gasteiger charge is -2.21. The predicted molar refractivity (Wildman–Crippen MR) is 241 cm³/mol. The summed E-state index contributed by atoms with van der Waals surface area (Å²) in [6.07, 6.45) is 0. The van der Waals surface area contributed by atoms with E-state index >= 15 is 0 Å². The first-order valence-electron chi connectivity index (χ1n) is 20.1. The van der Waals surface area contributed by atoms with Crippen LogP contribution in [0.15, 0.2) is 191 Å². The van der Waals surface area contributed by atoms with Crippen molar-refractivity contribution in [2.24, 2.45) is 0 Å². The molecule has 0 spiro atoms. The smallest absolute Gasteiger partial charge is 0.160 e. The molecule has 0 saturated heterocycles. The molecule has 3 aromatic heterocycles. The molecule has 0 aliphatic heterocycles. The van der Waals surface area contributed by atoms with Crippen molar-refractivity contribution in [2.45, 2.75) is 19.3 Å². The van der Waals surface area contributed by atoms with Crippen molar-refractivity contribution in [1.82, 2.24) is 9.97 Å². The van der Waals surface area contributed by atoms with E-state index in [1.165, 1.54) is 22.3 Å².